The number of pyridine rings is 1. The van der Waals surface area contributed by atoms with Gasteiger partial charge in [0.15, 0.2) is 0 Å². The van der Waals surface area contributed by atoms with Crippen LogP contribution in [0, 0.1) is 11.3 Å². The number of nitrogens with zero attached hydrogens (tertiary/aromatic N) is 3. The topological polar surface area (TPSA) is 39.9 Å². The molecule has 2 heterocycles. The van der Waals surface area contributed by atoms with Crippen LogP contribution in [-0.2, 0) is 0 Å². The van der Waals surface area contributed by atoms with Gasteiger partial charge in [-0.15, -0.1) is 0 Å². The van der Waals surface area contributed by atoms with Gasteiger partial charge in [0, 0.05) is 13.1 Å². The van der Waals surface area contributed by atoms with Gasteiger partial charge in [-0.3, -0.25) is 0 Å². The molecule has 2 rings (SSSR count). The molecule has 84 valence electrons. The van der Waals surface area contributed by atoms with Gasteiger partial charge >= 0.3 is 0 Å². The normalized spacial score (nSPS) is 16.6. The average molecular weight is 236 g/mol. The average Bonchev–Trinajstić information content (AvgIpc) is 2.57. The second-order valence-electron chi connectivity index (χ2n) is 4.02. The summed E-state index contributed by atoms with van der Waals surface area (Å²) in [5.41, 5.74) is 0.445. The van der Waals surface area contributed by atoms with Gasteiger partial charge in [-0.2, -0.15) is 5.26 Å². The second-order valence-corrected chi connectivity index (χ2v) is 4.38. The zero-order valence-electron chi connectivity index (χ0n) is 9.12. The van der Waals surface area contributed by atoms with Crippen LogP contribution in [0.25, 0.3) is 0 Å². The lowest BCUT2D eigenvalue weighted by Gasteiger charge is -2.21. The monoisotopic (exact) mass is 235 g/mol. The minimum Gasteiger partial charge on any atom is -0.357 e. The molecule has 1 aliphatic heterocycles. The highest BCUT2D eigenvalue weighted by Gasteiger charge is 2.12. The highest BCUT2D eigenvalue weighted by molar-refractivity contribution is 6.30. The van der Waals surface area contributed by atoms with Crippen LogP contribution >= 0.6 is 11.6 Å². The van der Waals surface area contributed by atoms with Gasteiger partial charge in [0.05, 0.1) is 5.56 Å². The smallest absolute Gasteiger partial charge is 0.149 e. The molecule has 0 amide bonds. The SMILES string of the molecule is N#Cc1ccc(N2CCCCCC2)nc1Cl. The van der Waals surface area contributed by atoms with E-state index in [4.69, 9.17) is 16.9 Å². The molecule has 1 aliphatic rings. The standard InChI is InChI=1S/C12H14ClN3/c13-12-10(9-14)5-6-11(15-12)16-7-3-1-2-4-8-16/h5-6H,1-4,7-8H2. The molecule has 0 saturated carbocycles. The van der Waals surface area contributed by atoms with E-state index in [1.165, 1.54) is 25.7 Å². The minimum atomic E-state index is 0.309. The molecule has 0 radical (unpaired) electrons. The number of hydrogen-bond donors (Lipinski definition) is 0. The number of anilines is 1. The first-order valence-corrected chi connectivity index (χ1v) is 6.00. The third-order valence-electron chi connectivity index (χ3n) is 2.88. The van der Waals surface area contributed by atoms with Crippen molar-refractivity contribution in [3.05, 3.63) is 22.8 Å². The molecule has 1 aromatic rings. The van der Waals surface area contributed by atoms with Crippen molar-refractivity contribution in [3.63, 3.8) is 0 Å². The molecule has 1 aromatic heterocycles. The Kier molecular flexibility index (Phi) is 3.63. The Hall–Kier alpha value is -1.27. The van der Waals surface area contributed by atoms with Gasteiger partial charge in [-0.05, 0) is 25.0 Å². The van der Waals surface area contributed by atoms with Crippen molar-refractivity contribution in [2.45, 2.75) is 25.7 Å². The van der Waals surface area contributed by atoms with E-state index >= 15 is 0 Å². The summed E-state index contributed by atoms with van der Waals surface area (Å²) < 4.78 is 0. The summed E-state index contributed by atoms with van der Waals surface area (Å²) in [5, 5.41) is 9.09. The van der Waals surface area contributed by atoms with E-state index in [1.807, 2.05) is 12.1 Å². The first kappa shape index (κ1) is 11.2. The first-order chi connectivity index (χ1) is 7.81. The quantitative estimate of drug-likeness (QED) is 0.703. The number of rotatable bonds is 1. The molecular weight excluding hydrogens is 222 g/mol. The lowest BCUT2D eigenvalue weighted by molar-refractivity contribution is 0.726. The Labute approximate surface area is 101 Å². The van der Waals surface area contributed by atoms with Crippen LogP contribution in [0.2, 0.25) is 5.15 Å². The van der Waals surface area contributed by atoms with E-state index in [-0.39, 0.29) is 0 Å². The largest absolute Gasteiger partial charge is 0.357 e. The van der Waals surface area contributed by atoms with Crippen molar-refractivity contribution < 1.29 is 0 Å². The molecule has 0 bridgehead atoms. The highest BCUT2D eigenvalue weighted by Crippen LogP contribution is 2.21. The van der Waals surface area contributed by atoms with Crippen LogP contribution in [0.4, 0.5) is 5.82 Å². The summed E-state index contributed by atoms with van der Waals surface area (Å²) in [6.07, 6.45) is 5.00. The van der Waals surface area contributed by atoms with Crippen LogP contribution in [0.5, 0.6) is 0 Å². The predicted octanol–water partition coefficient (Wildman–Crippen LogP) is 2.99. The molecule has 0 aromatic carbocycles. The molecule has 1 fully saturated rings. The number of hydrogen-bond acceptors (Lipinski definition) is 3. The van der Waals surface area contributed by atoms with Crippen LogP contribution < -0.4 is 4.90 Å². The van der Waals surface area contributed by atoms with Crippen molar-refractivity contribution >= 4 is 17.4 Å². The van der Waals surface area contributed by atoms with Crippen molar-refractivity contribution in [2.75, 3.05) is 18.0 Å². The molecule has 16 heavy (non-hydrogen) atoms. The molecule has 0 spiro atoms. The summed E-state index contributed by atoms with van der Waals surface area (Å²) >= 11 is 5.93. The minimum absolute atomic E-state index is 0.309. The molecule has 4 heteroatoms. The van der Waals surface area contributed by atoms with E-state index in [2.05, 4.69) is 9.88 Å². The van der Waals surface area contributed by atoms with Crippen LogP contribution in [-0.4, -0.2) is 18.1 Å². The van der Waals surface area contributed by atoms with Gasteiger partial charge in [0.25, 0.3) is 0 Å². The fraction of sp³-hybridized carbons (Fsp3) is 0.500. The lowest BCUT2D eigenvalue weighted by atomic mass is 10.2. The summed E-state index contributed by atoms with van der Waals surface area (Å²) in [7, 11) is 0. The Bertz CT molecular complexity index is 403. The second kappa shape index (κ2) is 5.18. The highest BCUT2D eigenvalue weighted by atomic mass is 35.5. The van der Waals surface area contributed by atoms with E-state index in [0.717, 1.165) is 18.9 Å². The summed E-state index contributed by atoms with van der Waals surface area (Å²) in [6.45, 7) is 2.07. The van der Waals surface area contributed by atoms with Crippen LogP contribution in [0.15, 0.2) is 12.1 Å². The summed E-state index contributed by atoms with van der Waals surface area (Å²) in [4.78, 5) is 6.53. The number of aromatic nitrogens is 1. The molecule has 0 aliphatic carbocycles. The molecular formula is C12H14ClN3. The Morgan fingerprint density at radius 2 is 1.88 bits per heavy atom. The molecule has 1 saturated heterocycles. The lowest BCUT2D eigenvalue weighted by Crippen LogP contribution is -2.24. The maximum absolute atomic E-state index is 8.78. The maximum atomic E-state index is 8.78. The van der Waals surface area contributed by atoms with Crippen molar-refractivity contribution in [3.8, 4) is 6.07 Å². The van der Waals surface area contributed by atoms with Crippen LogP contribution in [0.3, 0.4) is 0 Å². The van der Waals surface area contributed by atoms with E-state index < -0.39 is 0 Å². The summed E-state index contributed by atoms with van der Waals surface area (Å²) in [5.74, 6) is 0.894. The summed E-state index contributed by atoms with van der Waals surface area (Å²) in [6, 6.07) is 5.66. The van der Waals surface area contributed by atoms with Crippen molar-refractivity contribution in [1.29, 1.82) is 5.26 Å². The van der Waals surface area contributed by atoms with Gasteiger partial charge in [-0.1, -0.05) is 24.4 Å². The Morgan fingerprint density at radius 1 is 1.19 bits per heavy atom. The Balaban J connectivity index is 2.20. The van der Waals surface area contributed by atoms with Gasteiger partial charge < -0.3 is 4.90 Å². The van der Waals surface area contributed by atoms with Crippen molar-refractivity contribution in [1.82, 2.24) is 4.98 Å². The van der Waals surface area contributed by atoms with Crippen LogP contribution in [0.1, 0.15) is 31.2 Å². The van der Waals surface area contributed by atoms with E-state index in [9.17, 15) is 0 Å². The molecule has 0 N–H and O–H groups in total. The van der Waals surface area contributed by atoms with Gasteiger partial charge in [0.2, 0.25) is 0 Å². The third kappa shape index (κ3) is 2.45. The van der Waals surface area contributed by atoms with E-state index in [1.54, 1.807) is 6.07 Å². The molecule has 0 unspecified atom stereocenters. The predicted molar refractivity (Wildman–Crippen MR) is 64.6 cm³/mol. The number of halogens is 1. The molecule has 3 nitrogen and oxygen atoms in total. The third-order valence-corrected chi connectivity index (χ3v) is 3.17. The zero-order chi connectivity index (χ0) is 11.4. The van der Waals surface area contributed by atoms with Crippen molar-refractivity contribution in [2.24, 2.45) is 0 Å². The van der Waals surface area contributed by atoms with Gasteiger partial charge in [-0.25, -0.2) is 4.98 Å². The van der Waals surface area contributed by atoms with E-state index in [0.29, 0.717) is 10.7 Å². The zero-order valence-corrected chi connectivity index (χ0v) is 9.87. The fourth-order valence-electron chi connectivity index (χ4n) is 1.98. The fourth-order valence-corrected chi connectivity index (χ4v) is 2.18. The Morgan fingerprint density at radius 3 is 2.44 bits per heavy atom. The maximum Gasteiger partial charge on any atom is 0.149 e. The number of nitriles is 1. The first-order valence-electron chi connectivity index (χ1n) is 5.63. The molecule has 0 atom stereocenters. The van der Waals surface area contributed by atoms with Gasteiger partial charge in [0.1, 0.15) is 17.0 Å².